The van der Waals surface area contributed by atoms with E-state index in [9.17, 15) is 0 Å². The second-order valence-electron chi connectivity index (χ2n) is 0.891. The quantitative estimate of drug-likeness (QED) is 0.301. The molecule has 0 rings (SSSR count). The molecule has 0 aromatic rings. The zero-order valence-corrected chi connectivity index (χ0v) is 8.77. The minimum atomic E-state index is 0. The number of aliphatic hydroxyl groups excluding tert-OH is 2. The van der Waals surface area contributed by atoms with Crippen LogP contribution in [-0.2, 0) is 26.5 Å². The van der Waals surface area contributed by atoms with Crippen LogP contribution in [0.4, 0.5) is 0 Å². The van der Waals surface area contributed by atoms with Crippen molar-refractivity contribution >= 4 is 0 Å². The summed E-state index contributed by atoms with van der Waals surface area (Å²) < 4.78 is 4.68. The van der Waals surface area contributed by atoms with Crippen LogP contribution in [0.2, 0.25) is 0 Å². The van der Waals surface area contributed by atoms with Gasteiger partial charge < -0.3 is 21.9 Å². The van der Waals surface area contributed by atoms with Crippen LogP contribution in [0.15, 0.2) is 12.8 Å². The fourth-order valence-corrected chi connectivity index (χ4v) is 0.167. The molecular formula is C7H17O3Ti-. The van der Waals surface area contributed by atoms with Crippen LogP contribution in [0.1, 0.15) is 6.42 Å². The van der Waals surface area contributed by atoms with Gasteiger partial charge in [-0.15, -0.1) is 6.42 Å². The third-order valence-electron chi connectivity index (χ3n) is 0.380. The van der Waals surface area contributed by atoms with Crippen molar-refractivity contribution in [3.63, 3.8) is 0 Å². The zero-order chi connectivity index (χ0) is 8.83. The second-order valence-corrected chi connectivity index (χ2v) is 0.891. The van der Waals surface area contributed by atoms with E-state index >= 15 is 0 Å². The van der Waals surface area contributed by atoms with Crippen LogP contribution in [0.5, 0.6) is 0 Å². The van der Waals surface area contributed by atoms with Gasteiger partial charge in [0.15, 0.2) is 0 Å². The molecule has 2 N–H and O–H groups in total. The Morgan fingerprint density at radius 1 is 1.36 bits per heavy atom. The van der Waals surface area contributed by atoms with E-state index in [1.165, 1.54) is 6.26 Å². The molecule has 0 radical (unpaired) electrons. The smallest absolute Gasteiger partial charge is 0.0755 e. The van der Waals surface area contributed by atoms with Gasteiger partial charge in [-0.3, -0.25) is 0 Å². The van der Waals surface area contributed by atoms with Crippen molar-refractivity contribution in [2.75, 3.05) is 20.8 Å². The summed E-state index contributed by atoms with van der Waals surface area (Å²) in [6.07, 6.45) is 2.23. The topological polar surface area (TPSA) is 49.7 Å². The second kappa shape index (κ2) is 49.1. The molecule has 0 spiro atoms. The molecule has 0 bridgehead atoms. The molecule has 68 valence electrons. The minimum absolute atomic E-state index is 0. The number of ether oxygens (including phenoxy) is 1. The molecule has 0 aliphatic carbocycles. The van der Waals surface area contributed by atoms with E-state index in [2.05, 4.69) is 18.2 Å². The van der Waals surface area contributed by atoms with Crippen LogP contribution in [0.3, 0.4) is 0 Å². The zero-order valence-electron chi connectivity index (χ0n) is 7.21. The Bertz CT molecular complexity index is 42.7. The monoisotopic (exact) mass is 197 g/mol. The van der Waals surface area contributed by atoms with Gasteiger partial charge in [-0.2, -0.15) is 0 Å². The first-order chi connectivity index (χ1) is 4.91. The molecule has 0 saturated carbocycles. The van der Waals surface area contributed by atoms with Crippen molar-refractivity contribution in [1.29, 1.82) is 0 Å². The molecule has 4 heteroatoms. The van der Waals surface area contributed by atoms with Gasteiger partial charge >= 0.3 is 0 Å². The molecule has 0 aliphatic heterocycles. The number of hydrogen-bond acceptors (Lipinski definition) is 3. The Morgan fingerprint density at radius 2 is 1.73 bits per heavy atom. The molecule has 0 aliphatic rings. The van der Waals surface area contributed by atoms with Crippen molar-refractivity contribution in [2.45, 2.75) is 6.42 Å². The van der Waals surface area contributed by atoms with Crippen molar-refractivity contribution in [1.82, 2.24) is 0 Å². The summed E-state index contributed by atoms with van der Waals surface area (Å²) >= 11 is 0. The van der Waals surface area contributed by atoms with Gasteiger partial charge in [0.2, 0.25) is 0 Å². The molecule has 0 saturated heterocycles. The van der Waals surface area contributed by atoms with Crippen LogP contribution in [-0.4, -0.2) is 31.0 Å². The Hall–Kier alpha value is 0.174. The summed E-state index contributed by atoms with van der Waals surface area (Å²) in [7, 11) is 2.00. The summed E-state index contributed by atoms with van der Waals surface area (Å²) in [5.74, 6) is 0. The van der Waals surface area contributed by atoms with Gasteiger partial charge in [0.25, 0.3) is 0 Å². The predicted molar refractivity (Wildman–Crippen MR) is 42.4 cm³/mol. The van der Waals surface area contributed by atoms with E-state index in [-0.39, 0.29) is 21.7 Å². The normalized spacial score (nSPS) is 5.18. The summed E-state index contributed by atoms with van der Waals surface area (Å²) in [6.45, 7) is 7.58. The molecule has 0 fully saturated rings. The average molecular weight is 197 g/mol. The van der Waals surface area contributed by atoms with E-state index < -0.39 is 0 Å². The molecule has 0 amide bonds. The van der Waals surface area contributed by atoms with Crippen LogP contribution in [0.25, 0.3) is 0 Å². The predicted octanol–water partition coefficient (Wildman–Crippen LogP) is 0.585. The van der Waals surface area contributed by atoms with Gasteiger partial charge in [-0.05, 0) is 0 Å². The van der Waals surface area contributed by atoms with E-state index in [0.29, 0.717) is 6.61 Å². The summed E-state index contributed by atoms with van der Waals surface area (Å²) in [6, 6.07) is 0. The average Bonchev–Trinajstić information content (AvgIpc) is 2.08. The number of aliphatic hydroxyl groups is 2. The van der Waals surface area contributed by atoms with E-state index in [1.54, 1.807) is 0 Å². The van der Waals surface area contributed by atoms with Crippen molar-refractivity contribution in [3.05, 3.63) is 19.8 Å². The Morgan fingerprint density at radius 3 is 1.82 bits per heavy atom. The molecule has 0 unspecified atom stereocenters. The fraction of sp³-hybridized carbons (Fsp3) is 0.571. The largest absolute Gasteiger partial charge is 0.504 e. The van der Waals surface area contributed by atoms with Gasteiger partial charge in [0.05, 0.1) is 12.9 Å². The SMILES string of the molecule is C=COCC[CH2-].CO.CO.[Ti]. The summed E-state index contributed by atoms with van der Waals surface area (Å²) in [5.41, 5.74) is 0. The number of rotatable bonds is 3. The third kappa shape index (κ3) is 67.5. The minimum Gasteiger partial charge on any atom is -0.504 e. The van der Waals surface area contributed by atoms with Crippen LogP contribution < -0.4 is 0 Å². The first-order valence-corrected chi connectivity index (χ1v) is 2.83. The van der Waals surface area contributed by atoms with E-state index in [1.807, 2.05) is 0 Å². The van der Waals surface area contributed by atoms with Crippen molar-refractivity contribution < 1.29 is 36.7 Å². The molecule has 0 aromatic heterocycles. The molecule has 3 nitrogen and oxygen atoms in total. The standard InChI is InChI=1S/C5H9O.2CH4O.Ti/c1-3-5-6-4-2;2*1-2;/h4H,1-3,5H2;2*2H,1H3;/q-1;;;. The maximum absolute atomic E-state index is 7.00. The fourth-order valence-electron chi connectivity index (χ4n) is 0.167. The maximum Gasteiger partial charge on any atom is 0.0755 e. The van der Waals surface area contributed by atoms with Crippen molar-refractivity contribution in [3.8, 4) is 0 Å². The van der Waals surface area contributed by atoms with E-state index in [0.717, 1.165) is 20.6 Å². The maximum atomic E-state index is 7.00. The Balaban J connectivity index is -0.0000000428. The molecular weight excluding hydrogens is 180 g/mol. The summed E-state index contributed by atoms with van der Waals surface area (Å²) in [4.78, 5) is 0. The number of hydrogen-bond donors (Lipinski definition) is 2. The molecule has 11 heavy (non-hydrogen) atoms. The molecule has 0 aromatic carbocycles. The van der Waals surface area contributed by atoms with Crippen LogP contribution in [0, 0.1) is 6.92 Å². The van der Waals surface area contributed by atoms with Crippen molar-refractivity contribution in [2.24, 2.45) is 0 Å². The van der Waals surface area contributed by atoms with Gasteiger partial charge in [0.1, 0.15) is 0 Å². The van der Waals surface area contributed by atoms with Crippen LogP contribution >= 0.6 is 0 Å². The first-order valence-electron chi connectivity index (χ1n) is 2.83. The third-order valence-corrected chi connectivity index (χ3v) is 0.380. The van der Waals surface area contributed by atoms with Gasteiger partial charge in [0, 0.05) is 35.9 Å². The summed E-state index contributed by atoms with van der Waals surface area (Å²) in [5, 5.41) is 14.0. The van der Waals surface area contributed by atoms with E-state index in [4.69, 9.17) is 10.2 Å². The molecule has 0 atom stereocenters. The molecule has 0 heterocycles. The first kappa shape index (κ1) is 22.5. The Kier molecular flexibility index (Phi) is 100. The van der Waals surface area contributed by atoms with Gasteiger partial charge in [-0.25, -0.2) is 0 Å². The Labute approximate surface area is 84.0 Å². The van der Waals surface area contributed by atoms with Gasteiger partial charge in [-0.1, -0.05) is 6.58 Å².